The second kappa shape index (κ2) is 6.91. The molecule has 5 nitrogen and oxygen atoms in total. The molecule has 21 heavy (non-hydrogen) atoms. The minimum absolute atomic E-state index is 0.0775. The molecular weight excluding hydrogens is 490 g/mol. The minimum atomic E-state index is -0.281. The molecule has 1 aromatic heterocycles. The molecule has 0 spiro atoms. The predicted molar refractivity (Wildman–Crippen MR) is 94.3 cm³/mol. The molecule has 9 heteroatoms. The zero-order valence-corrected chi connectivity index (χ0v) is 15.8. The Labute approximate surface area is 149 Å². The lowest BCUT2D eigenvalue weighted by molar-refractivity contribution is 0.103. The number of carbonyl (C=O) groups is 1. The largest absolute Gasteiger partial charge is 0.409 e. The van der Waals surface area contributed by atoms with E-state index < -0.39 is 0 Å². The number of oxime groups is 1. The highest BCUT2D eigenvalue weighted by Gasteiger charge is 2.15. The molecule has 0 aliphatic rings. The normalized spacial score (nSPS) is 11.5. The maximum Gasteiger partial charge on any atom is 0.265 e. The van der Waals surface area contributed by atoms with E-state index in [0.29, 0.717) is 16.1 Å². The van der Waals surface area contributed by atoms with E-state index in [1.807, 2.05) is 0 Å². The summed E-state index contributed by atoms with van der Waals surface area (Å²) in [6, 6.07) is 6.78. The summed E-state index contributed by atoms with van der Waals surface area (Å²) in [4.78, 5) is 12.8. The third-order valence-corrected chi connectivity index (χ3v) is 6.23. The molecule has 0 aliphatic carbocycles. The zero-order chi connectivity index (χ0) is 15.6. The number of hydrogen-bond donors (Lipinski definition) is 3. The third-order valence-electron chi connectivity index (χ3n) is 2.48. The van der Waals surface area contributed by atoms with Gasteiger partial charge in [0.25, 0.3) is 5.91 Å². The number of benzene rings is 1. The molecule has 0 radical (unpaired) electrons. The smallest absolute Gasteiger partial charge is 0.265 e. The van der Waals surface area contributed by atoms with Crippen LogP contribution >= 0.6 is 59.1 Å². The molecule has 1 heterocycles. The number of amidine groups is 1. The van der Waals surface area contributed by atoms with Gasteiger partial charge in [0, 0.05) is 14.5 Å². The topological polar surface area (TPSA) is 87.7 Å². The van der Waals surface area contributed by atoms with Crippen LogP contribution in [-0.4, -0.2) is 17.0 Å². The first-order valence-electron chi connectivity index (χ1n) is 5.46. The molecule has 2 aromatic rings. The number of rotatable bonds is 3. The van der Waals surface area contributed by atoms with Gasteiger partial charge in [-0.1, -0.05) is 21.1 Å². The highest BCUT2D eigenvalue weighted by atomic mass is 79.9. The van der Waals surface area contributed by atoms with Gasteiger partial charge in [-0.3, -0.25) is 4.79 Å². The third kappa shape index (κ3) is 3.85. The molecule has 0 fully saturated rings. The second-order valence-electron chi connectivity index (χ2n) is 3.86. The molecule has 110 valence electrons. The average molecular weight is 498 g/mol. The van der Waals surface area contributed by atoms with Crippen molar-refractivity contribution in [3.05, 3.63) is 47.4 Å². The van der Waals surface area contributed by atoms with Gasteiger partial charge < -0.3 is 16.3 Å². The summed E-state index contributed by atoms with van der Waals surface area (Å²) in [5.41, 5.74) is 6.49. The molecule has 4 N–H and O–H groups in total. The monoisotopic (exact) mass is 495 g/mol. The Bertz CT molecular complexity index is 711. The van der Waals surface area contributed by atoms with Crippen LogP contribution in [0.2, 0.25) is 0 Å². The first kappa shape index (κ1) is 16.5. The molecule has 0 bridgehead atoms. The van der Waals surface area contributed by atoms with Gasteiger partial charge in [0.15, 0.2) is 5.84 Å². The summed E-state index contributed by atoms with van der Waals surface area (Å²) in [5.74, 6) is -0.358. The van der Waals surface area contributed by atoms with Crippen molar-refractivity contribution in [1.82, 2.24) is 0 Å². The van der Waals surface area contributed by atoms with E-state index in [4.69, 9.17) is 10.9 Å². The predicted octanol–water partition coefficient (Wildman–Crippen LogP) is 4.38. The van der Waals surface area contributed by atoms with E-state index >= 15 is 0 Å². The van der Waals surface area contributed by atoms with Gasteiger partial charge in [-0.05, 0) is 56.1 Å². The van der Waals surface area contributed by atoms with Crippen LogP contribution in [0, 0.1) is 0 Å². The molecule has 0 saturated carbocycles. The van der Waals surface area contributed by atoms with Crippen molar-refractivity contribution in [3.8, 4) is 0 Å². The maximum absolute atomic E-state index is 12.3. The number of anilines is 1. The van der Waals surface area contributed by atoms with Crippen LogP contribution in [0.15, 0.2) is 42.2 Å². The zero-order valence-electron chi connectivity index (χ0n) is 10.2. The number of halogens is 3. The summed E-state index contributed by atoms with van der Waals surface area (Å²) < 4.78 is 2.41. The van der Waals surface area contributed by atoms with Crippen molar-refractivity contribution < 1.29 is 10.0 Å². The fraction of sp³-hybridized carbons (Fsp3) is 0. The van der Waals surface area contributed by atoms with Crippen LogP contribution in [-0.2, 0) is 0 Å². The number of thiophene rings is 1. The van der Waals surface area contributed by atoms with Crippen LogP contribution in [0.1, 0.15) is 15.2 Å². The number of hydrogen-bond acceptors (Lipinski definition) is 4. The molecular formula is C12H8Br3N3O2S. The fourth-order valence-electron chi connectivity index (χ4n) is 1.54. The van der Waals surface area contributed by atoms with Gasteiger partial charge in [0.2, 0.25) is 0 Å². The van der Waals surface area contributed by atoms with Crippen molar-refractivity contribution in [1.29, 1.82) is 0 Å². The van der Waals surface area contributed by atoms with Gasteiger partial charge in [0.05, 0.1) is 14.4 Å². The van der Waals surface area contributed by atoms with Gasteiger partial charge in [-0.2, -0.15) is 0 Å². The van der Waals surface area contributed by atoms with E-state index in [-0.39, 0.29) is 11.7 Å². The molecule has 1 amide bonds. The van der Waals surface area contributed by atoms with Crippen LogP contribution in [0.4, 0.5) is 5.69 Å². The first-order valence-corrected chi connectivity index (χ1v) is 8.65. The number of amides is 1. The summed E-state index contributed by atoms with van der Waals surface area (Å²) in [7, 11) is 0. The van der Waals surface area contributed by atoms with Crippen molar-refractivity contribution >= 4 is 76.6 Å². The van der Waals surface area contributed by atoms with Gasteiger partial charge >= 0.3 is 0 Å². The Morgan fingerprint density at radius 3 is 2.57 bits per heavy atom. The lowest BCUT2D eigenvalue weighted by atomic mass is 10.1. The number of carbonyl (C=O) groups excluding carboxylic acids is 1. The van der Waals surface area contributed by atoms with Crippen molar-refractivity contribution in [3.63, 3.8) is 0 Å². The molecule has 0 unspecified atom stereocenters. The highest BCUT2D eigenvalue weighted by Crippen LogP contribution is 2.33. The van der Waals surface area contributed by atoms with E-state index in [2.05, 4.69) is 58.3 Å². The SMILES string of the molecule is N/C(=N/O)c1ccc(Br)cc1NC(=O)c1cc(Br)c(Br)s1. The van der Waals surface area contributed by atoms with Gasteiger partial charge in [0.1, 0.15) is 0 Å². The minimum Gasteiger partial charge on any atom is -0.409 e. The van der Waals surface area contributed by atoms with Crippen LogP contribution in [0.5, 0.6) is 0 Å². The summed E-state index contributed by atoms with van der Waals surface area (Å²) >= 11 is 11.3. The summed E-state index contributed by atoms with van der Waals surface area (Å²) in [6.07, 6.45) is 0. The fourth-order valence-corrected chi connectivity index (χ4v) is 3.83. The van der Waals surface area contributed by atoms with Gasteiger partial charge in [-0.15, -0.1) is 11.3 Å². The lowest BCUT2D eigenvalue weighted by Gasteiger charge is -2.10. The van der Waals surface area contributed by atoms with E-state index in [0.717, 1.165) is 12.7 Å². The van der Waals surface area contributed by atoms with E-state index in [1.54, 1.807) is 24.3 Å². The van der Waals surface area contributed by atoms with Crippen LogP contribution < -0.4 is 11.1 Å². The number of nitrogens with two attached hydrogens (primary N) is 1. The molecule has 0 saturated heterocycles. The maximum atomic E-state index is 12.3. The summed E-state index contributed by atoms with van der Waals surface area (Å²) in [6.45, 7) is 0. The van der Waals surface area contributed by atoms with Gasteiger partial charge in [-0.25, -0.2) is 0 Å². The Morgan fingerprint density at radius 2 is 2.00 bits per heavy atom. The summed E-state index contributed by atoms with van der Waals surface area (Å²) in [5, 5.41) is 14.5. The molecule has 0 aliphatic heterocycles. The standard InChI is InChI=1S/C12H8Br3N3O2S/c13-5-1-2-6(11(16)18-20)8(3-5)17-12(19)9-4-7(14)10(15)21-9/h1-4,20H,(H2,16,18)(H,17,19). The molecule has 1 aromatic carbocycles. The highest BCUT2D eigenvalue weighted by molar-refractivity contribution is 9.13. The molecule has 0 atom stereocenters. The average Bonchev–Trinajstić information content (AvgIpc) is 2.78. The number of nitrogens with one attached hydrogen (secondary N) is 1. The van der Waals surface area contributed by atoms with Crippen molar-refractivity contribution in [2.45, 2.75) is 0 Å². The van der Waals surface area contributed by atoms with E-state index in [1.165, 1.54) is 11.3 Å². The first-order chi connectivity index (χ1) is 9.92. The van der Waals surface area contributed by atoms with Crippen molar-refractivity contribution in [2.24, 2.45) is 10.9 Å². The Kier molecular flexibility index (Phi) is 5.42. The lowest BCUT2D eigenvalue weighted by Crippen LogP contribution is -2.18. The van der Waals surface area contributed by atoms with E-state index in [9.17, 15) is 4.79 Å². The second-order valence-corrected chi connectivity index (χ2v) is 8.00. The number of nitrogens with zero attached hydrogens (tertiary/aromatic N) is 1. The Morgan fingerprint density at radius 1 is 1.29 bits per heavy atom. The van der Waals surface area contributed by atoms with Crippen LogP contribution in [0.3, 0.4) is 0 Å². The van der Waals surface area contributed by atoms with Crippen molar-refractivity contribution in [2.75, 3.05) is 5.32 Å². The van der Waals surface area contributed by atoms with Crippen LogP contribution in [0.25, 0.3) is 0 Å². The molecule has 2 rings (SSSR count). The Hall–Kier alpha value is -0.900. The quantitative estimate of drug-likeness (QED) is 0.254. The Balaban J connectivity index is 2.34.